The number of nitrogens with zero attached hydrogens (tertiary/aromatic N) is 3. The number of carbonyl (C=O) groups excluding carboxylic acids is 1. The summed E-state index contributed by atoms with van der Waals surface area (Å²) < 4.78 is 0. The first-order valence-electron chi connectivity index (χ1n) is 10.8. The Balaban J connectivity index is 1.68. The van der Waals surface area contributed by atoms with E-state index in [-0.39, 0.29) is 17.5 Å². The summed E-state index contributed by atoms with van der Waals surface area (Å²) in [4.78, 5) is 34.0. The zero-order valence-corrected chi connectivity index (χ0v) is 19.1. The Kier molecular flexibility index (Phi) is 6.65. The molecule has 1 saturated carbocycles. The molecule has 1 heterocycles. The summed E-state index contributed by atoms with van der Waals surface area (Å²) in [5.74, 6) is -1.01. The van der Waals surface area contributed by atoms with Crippen molar-refractivity contribution >= 4 is 46.3 Å². The Bertz CT molecular complexity index is 1070. The van der Waals surface area contributed by atoms with Crippen molar-refractivity contribution in [2.24, 2.45) is 4.99 Å². The Hall–Kier alpha value is -3.06. The van der Waals surface area contributed by atoms with Gasteiger partial charge in [-0.3, -0.25) is 9.69 Å². The zero-order valence-electron chi connectivity index (χ0n) is 18.3. The summed E-state index contributed by atoms with van der Waals surface area (Å²) in [7, 11) is 3.99. The number of thioether (sulfide) groups is 1. The lowest BCUT2D eigenvalue weighted by atomic mass is 9.94. The molecule has 4 rings (SSSR count). The Labute approximate surface area is 192 Å². The fourth-order valence-electron chi connectivity index (χ4n) is 4.06. The van der Waals surface area contributed by atoms with Crippen LogP contribution in [0.5, 0.6) is 0 Å². The monoisotopic (exact) mass is 449 g/mol. The quantitative estimate of drug-likeness (QED) is 0.620. The maximum atomic E-state index is 13.4. The van der Waals surface area contributed by atoms with E-state index in [1.165, 1.54) is 18.2 Å². The van der Waals surface area contributed by atoms with Gasteiger partial charge >= 0.3 is 5.97 Å². The number of amides is 1. The van der Waals surface area contributed by atoms with Crippen LogP contribution in [0.2, 0.25) is 0 Å². The topological polar surface area (TPSA) is 73.2 Å². The van der Waals surface area contributed by atoms with Crippen molar-refractivity contribution in [3.05, 3.63) is 64.6 Å². The molecule has 1 aliphatic carbocycles. The van der Waals surface area contributed by atoms with Crippen molar-refractivity contribution in [2.75, 3.05) is 19.0 Å². The number of amidine groups is 1. The molecule has 2 fully saturated rings. The number of aromatic carboxylic acids is 1. The number of carboxylic acid groups (broad SMARTS) is 1. The molecule has 0 aromatic heterocycles. The third kappa shape index (κ3) is 4.88. The van der Waals surface area contributed by atoms with Gasteiger partial charge in [0.25, 0.3) is 5.91 Å². The lowest BCUT2D eigenvalue weighted by Crippen LogP contribution is -2.40. The van der Waals surface area contributed by atoms with Gasteiger partial charge in [-0.2, -0.15) is 0 Å². The highest BCUT2D eigenvalue weighted by Crippen LogP contribution is 2.38. The summed E-state index contributed by atoms with van der Waals surface area (Å²) in [6.45, 7) is 0. The van der Waals surface area contributed by atoms with Gasteiger partial charge in [-0.25, -0.2) is 9.79 Å². The molecule has 2 aromatic rings. The molecular weight excluding hydrogens is 422 g/mol. The number of hydrogen-bond donors (Lipinski definition) is 1. The van der Waals surface area contributed by atoms with E-state index in [0.29, 0.717) is 15.8 Å². The van der Waals surface area contributed by atoms with E-state index < -0.39 is 5.97 Å². The lowest BCUT2D eigenvalue weighted by molar-refractivity contribution is -0.124. The highest BCUT2D eigenvalue weighted by atomic mass is 32.2. The van der Waals surface area contributed by atoms with Crippen LogP contribution >= 0.6 is 11.8 Å². The molecule has 0 atom stereocenters. The van der Waals surface area contributed by atoms with E-state index in [4.69, 9.17) is 4.99 Å². The largest absolute Gasteiger partial charge is 0.478 e. The van der Waals surface area contributed by atoms with Gasteiger partial charge in [-0.1, -0.05) is 37.5 Å². The van der Waals surface area contributed by atoms with Crippen LogP contribution in [0.15, 0.2) is 58.4 Å². The molecule has 0 bridgehead atoms. The van der Waals surface area contributed by atoms with Crippen molar-refractivity contribution in [1.82, 2.24) is 4.90 Å². The first-order valence-corrected chi connectivity index (χ1v) is 11.7. The van der Waals surface area contributed by atoms with Crippen molar-refractivity contribution in [3.8, 4) is 0 Å². The Morgan fingerprint density at radius 3 is 2.50 bits per heavy atom. The maximum absolute atomic E-state index is 13.4. The SMILES string of the molecule is CN(C)c1ccc(/C=C2\SC(=Nc3cccc(C(=O)O)c3)N(C3CCCCC3)C2=O)cc1. The first kappa shape index (κ1) is 22.1. The van der Waals surface area contributed by atoms with Crippen LogP contribution in [0.3, 0.4) is 0 Å². The smallest absolute Gasteiger partial charge is 0.335 e. The van der Waals surface area contributed by atoms with E-state index in [2.05, 4.69) is 0 Å². The van der Waals surface area contributed by atoms with Crippen LogP contribution < -0.4 is 4.90 Å². The first-order chi connectivity index (χ1) is 15.4. The molecule has 2 aliphatic rings. The number of carbonyl (C=O) groups is 2. The van der Waals surface area contributed by atoms with Gasteiger partial charge in [0, 0.05) is 25.8 Å². The van der Waals surface area contributed by atoms with E-state index in [0.717, 1.165) is 36.9 Å². The average Bonchev–Trinajstić information content (AvgIpc) is 3.09. The molecular formula is C25H27N3O3S. The van der Waals surface area contributed by atoms with Crippen LogP contribution in [0, 0.1) is 0 Å². The maximum Gasteiger partial charge on any atom is 0.335 e. The minimum atomic E-state index is -0.993. The van der Waals surface area contributed by atoms with Crippen LogP contribution in [-0.2, 0) is 4.79 Å². The number of carboxylic acids is 1. The van der Waals surface area contributed by atoms with Crippen molar-refractivity contribution in [1.29, 1.82) is 0 Å². The average molecular weight is 450 g/mol. The van der Waals surface area contributed by atoms with Gasteiger partial charge in [0.2, 0.25) is 0 Å². The van der Waals surface area contributed by atoms with Crippen LogP contribution in [0.1, 0.15) is 48.0 Å². The number of hydrogen-bond acceptors (Lipinski definition) is 5. The van der Waals surface area contributed by atoms with Crippen LogP contribution in [0.25, 0.3) is 6.08 Å². The van der Waals surface area contributed by atoms with Gasteiger partial charge < -0.3 is 10.0 Å². The second-order valence-electron chi connectivity index (χ2n) is 8.31. The standard InChI is InChI=1S/C25H27N3O3S/c1-27(2)20-13-11-17(12-14-20)15-22-23(29)28(21-9-4-3-5-10-21)25(32-22)26-19-8-6-7-18(16-19)24(30)31/h6-8,11-16,21H,3-5,9-10H2,1-2H3,(H,30,31)/b22-15-,26-25?. The molecule has 32 heavy (non-hydrogen) atoms. The molecule has 6 nitrogen and oxygen atoms in total. The zero-order chi connectivity index (χ0) is 22.7. The molecule has 2 aromatic carbocycles. The predicted octanol–water partition coefficient (Wildman–Crippen LogP) is 5.39. The van der Waals surface area contributed by atoms with Crippen molar-refractivity contribution < 1.29 is 14.7 Å². The number of benzene rings is 2. The van der Waals surface area contributed by atoms with E-state index in [1.54, 1.807) is 24.3 Å². The summed E-state index contributed by atoms with van der Waals surface area (Å²) in [5.41, 5.74) is 2.78. The molecule has 1 N–H and O–H groups in total. The minimum Gasteiger partial charge on any atom is -0.478 e. The third-order valence-corrected chi connectivity index (χ3v) is 6.78. The summed E-state index contributed by atoms with van der Waals surface area (Å²) in [6.07, 6.45) is 7.24. The molecule has 0 spiro atoms. The molecule has 0 unspecified atom stereocenters. The second-order valence-corrected chi connectivity index (χ2v) is 9.32. The number of aliphatic imine (C=N–C) groups is 1. The van der Waals surface area contributed by atoms with E-state index >= 15 is 0 Å². The highest BCUT2D eigenvalue weighted by Gasteiger charge is 2.38. The van der Waals surface area contributed by atoms with Gasteiger partial charge in [0.15, 0.2) is 5.17 Å². The number of rotatable bonds is 5. The summed E-state index contributed by atoms with van der Waals surface area (Å²) >= 11 is 1.36. The molecule has 1 saturated heterocycles. The second kappa shape index (κ2) is 9.61. The third-order valence-electron chi connectivity index (χ3n) is 5.80. The molecule has 0 radical (unpaired) electrons. The summed E-state index contributed by atoms with van der Waals surface area (Å²) in [6, 6.07) is 14.7. The minimum absolute atomic E-state index is 0.0216. The van der Waals surface area contributed by atoms with E-state index in [9.17, 15) is 14.7 Å². The van der Waals surface area contributed by atoms with Crippen LogP contribution in [0.4, 0.5) is 11.4 Å². The number of anilines is 1. The van der Waals surface area contributed by atoms with Gasteiger partial charge in [0.1, 0.15) is 0 Å². The van der Waals surface area contributed by atoms with Crippen molar-refractivity contribution in [2.45, 2.75) is 38.1 Å². The normalized spacial score (nSPS) is 19.7. The molecule has 1 aliphatic heterocycles. The fraction of sp³-hybridized carbons (Fsp3) is 0.320. The summed E-state index contributed by atoms with van der Waals surface area (Å²) in [5, 5.41) is 9.92. The van der Waals surface area contributed by atoms with Gasteiger partial charge in [0.05, 0.1) is 16.2 Å². The molecule has 7 heteroatoms. The predicted molar refractivity (Wildman–Crippen MR) is 131 cm³/mol. The fourth-order valence-corrected chi connectivity index (χ4v) is 5.12. The Morgan fingerprint density at radius 2 is 1.84 bits per heavy atom. The van der Waals surface area contributed by atoms with E-state index in [1.807, 2.05) is 54.2 Å². The van der Waals surface area contributed by atoms with Crippen molar-refractivity contribution in [3.63, 3.8) is 0 Å². The molecule has 1 amide bonds. The molecule has 166 valence electrons. The van der Waals surface area contributed by atoms with Crippen LogP contribution in [-0.4, -0.2) is 47.2 Å². The lowest BCUT2D eigenvalue weighted by Gasteiger charge is -2.30. The van der Waals surface area contributed by atoms with Gasteiger partial charge in [-0.05, 0) is 66.6 Å². The van der Waals surface area contributed by atoms with Gasteiger partial charge in [-0.15, -0.1) is 0 Å². The Morgan fingerprint density at radius 1 is 1.12 bits per heavy atom. The highest BCUT2D eigenvalue weighted by molar-refractivity contribution is 8.18.